The van der Waals surface area contributed by atoms with Gasteiger partial charge in [-0.05, 0) is 69.1 Å². The van der Waals surface area contributed by atoms with E-state index in [1.54, 1.807) is 25.3 Å². The van der Waals surface area contributed by atoms with E-state index in [0.717, 1.165) is 36.4 Å². The van der Waals surface area contributed by atoms with E-state index in [0.29, 0.717) is 41.9 Å². The number of methoxy groups -OCH3 is 1. The van der Waals surface area contributed by atoms with E-state index >= 15 is 0 Å². The van der Waals surface area contributed by atoms with Gasteiger partial charge in [-0.3, -0.25) is 4.79 Å². The zero-order chi connectivity index (χ0) is 26.1. The van der Waals surface area contributed by atoms with Gasteiger partial charge in [0.15, 0.2) is 5.78 Å². The molecule has 2 aromatic carbocycles. The lowest BCUT2D eigenvalue weighted by Crippen LogP contribution is -2.37. The normalized spacial score (nSPS) is 24.1. The van der Waals surface area contributed by atoms with Crippen LogP contribution in [0.15, 0.2) is 71.1 Å². The minimum absolute atomic E-state index is 0.0219. The zero-order valence-corrected chi connectivity index (χ0v) is 21.6. The quantitative estimate of drug-likeness (QED) is 0.566. The van der Waals surface area contributed by atoms with Gasteiger partial charge in [-0.2, -0.15) is 0 Å². The van der Waals surface area contributed by atoms with Crippen molar-refractivity contribution < 1.29 is 24.2 Å². The number of ether oxygens (including phenoxy) is 2. The van der Waals surface area contributed by atoms with Gasteiger partial charge in [-0.1, -0.05) is 30.3 Å². The maximum Gasteiger partial charge on any atom is 0.336 e. The largest absolute Gasteiger partial charge is 0.508 e. The van der Waals surface area contributed by atoms with Crippen molar-refractivity contribution in [3.8, 4) is 11.5 Å². The van der Waals surface area contributed by atoms with Crippen LogP contribution in [0.1, 0.15) is 55.6 Å². The summed E-state index contributed by atoms with van der Waals surface area (Å²) in [6.07, 6.45) is 3.01. The number of ketones is 1. The van der Waals surface area contributed by atoms with Crippen molar-refractivity contribution in [1.82, 2.24) is 10.2 Å². The van der Waals surface area contributed by atoms with Crippen molar-refractivity contribution >= 4 is 11.8 Å². The fourth-order valence-electron chi connectivity index (χ4n) is 6.01. The van der Waals surface area contributed by atoms with Crippen molar-refractivity contribution in [2.45, 2.75) is 50.5 Å². The number of hydrogen-bond acceptors (Lipinski definition) is 7. The molecule has 0 amide bonds. The predicted molar refractivity (Wildman–Crippen MR) is 140 cm³/mol. The molecular weight excluding hydrogens is 468 g/mol. The number of esters is 1. The highest BCUT2D eigenvalue weighted by atomic mass is 16.5. The van der Waals surface area contributed by atoms with Crippen molar-refractivity contribution in [3.63, 3.8) is 0 Å². The Kier molecular flexibility index (Phi) is 7.07. The van der Waals surface area contributed by atoms with E-state index in [1.165, 1.54) is 0 Å². The monoisotopic (exact) mass is 502 g/mol. The van der Waals surface area contributed by atoms with E-state index in [9.17, 15) is 14.7 Å². The first-order chi connectivity index (χ1) is 17.9. The average Bonchev–Trinajstić information content (AvgIpc) is 3.30. The van der Waals surface area contributed by atoms with E-state index < -0.39 is 11.9 Å². The number of Topliss-reactive ketones (excluding diaryl/α,β-unsaturated/α-hetero) is 1. The van der Waals surface area contributed by atoms with E-state index in [1.807, 2.05) is 44.3 Å². The number of hydrogen-bond donors (Lipinski definition) is 2. The molecule has 194 valence electrons. The number of carbonyl (C=O) groups excluding carboxylic acids is 2. The van der Waals surface area contributed by atoms with Gasteiger partial charge in [0.1, 0.15) is 18.1 Å². The van der Waals surface area contributed by atoms with Gasteiger partial charge in [-0.15, -0.1) is 0 Å². The number of aromatic hydroxyl groups is 1. The number of para-hydroxylation sites is 1. The number of phenolic OH excluding ortho intramolecular Hbond substituents is 1. The lowest BCUT2D eigenvalue weighted by molar-refractivity contribution is -0.140. The molecule has 0 unspecified atom stereocenters. The molecule has 1 aliphatic carbocycles. The van der Waals surface area contributed by atoms with Gasteiger partial charge in [-0.25, -0.2) is 4.79 Å². The number of phenols is 1. The predicted octanol–water partition coefficient (Wildman–Crippen LogP) is 4.40. The van der Waals surface area contributed by atoms with Gasteiger partial charge in [0.25, 0.3) is 0 Å². The Labute approximate surface area is 217 Å². The lowest BCUT2D eigenvalue weighted by atomic mass is 9.71. The number of carbonyl (C=O) groups is 2. The van der Waals surface area contributed by atoms with Crippen LogP contribution in [0.25, 0.3) is 0 Å². The summed E-state index contributed by atoms with van der Waals surface area (Å²) in [6, 6.07) is 14.8. The molecule has 2 aromatic rings. The summed E-state index contributed by atoms with van der Waals surface area (Å²) < 4.78 is 11.4. The molecule has 2 N–H and O–H groups in total. The number of allylic oxidation sites excluding steroid dienone is 3. The number of nitrogens with one attached hydrogen (secondary N) is 1. The molecule has 5 rings (SSSR count). The summed E-state index contributed by atoms with van der Waals surface area (Å²) in [7, 11) is 3.68. The Morgan fingerprint density at radius 3 is 2.70 bits per heavy atom. The van der Waals surface area contributed by atoms with Crippen LogP contribution in [0.5, 0.6) is 11.5 Å². The first-order valence-corrected chi connectivity index (χ1v) is 12.9. The Morgan fingerprint density at radius 1 is 1.16 bits per heavy atom. The lowest BCUT2D eigenvalue weighted by Gasteiger charge is -2.37. The van der Waals surface area contributed by atoms with Crippen LogP contribution in [0.2, 0.25) is 0 Å². The maximum absolute atomic E-state index is 13.8. The zero-order valence-electron chi connectivity index (χ0n) is 21.6. The third-order valence-corrected chi connectivity index (χ3v) is 7.91. The number of likely N-dealkylation sites (N-methyl/N-ethyl adjacent to an activating group) is 1. The minimum atomic E-state index is -0.608. The fraction of sp³-hybridized carbons (Fsp3) is 0.400. The Hall–Kier alpha value is -3.58. The van der Waals surface area contributed by atoms with Crippen LogP contribution in [0.4, 0.5) is 0 Å². The first kappa shape index (κ1) is 25.1. The van der Waals surface area contributed by atoms with Crippen LogP contribution in [-0.2, 0) is 14.3 Å². The third-order valence-electron chi connectivity index (χ3n) is 7.91. The number of dihydropyridines is 1. The fourth-order valence-corrected chi connectivity index (χ4v) is 6.01. The van der Waals surface area contributed by atoms with Crippen LogP contribution >= 0.6 is 0 Å². The van der Waals surface area contributed by atoms with Crippen LogP contribution < -0.4 is 10.1 Å². The van der Waals surface area contributed by atoms with E-state index in [4.69, 9.17) is 9.47 Å². The van der Waals surface area contributed by atoms with Crippen LogP contribution in [0, 0.1) is 0 Å². The summed E-state index contributed by atoms with van der Waals surface area (Å²) >= 11 is 0. The van der Waals surface area contributed by atoms with E-state index in [2.05, 4.69) is 10.2 Å². The molecule has 2 aliphatic heterocycles. The molecule has 0 radical (unpaired) electrons. The second-order valence-corrected chi connectivity index (χ2v) is 10.2. The molecule has 3 aliphatic rings. The summed E-state index contributed by atoms with van der Waals surface area (Å²) in [6.45, 7) is 3.17. The molecule has 0 saturated carbocycles. The Balaban J connectivity index is 1.50. The standard InChI is InChI=1S/C30H34N2O5/c1-18-27(30(35)37-17-21-9-7-13-32(21)2)28(19-8-6-10-22(33)14-19)29-24(31-18)15-20(16-25(29)34)23-11-4-5-12-26(23)36-3/h4-6,8,10-12,14,20-21,28,31,33H,7,9,13,15-17H2,1-3H3/t20-,21-,28-/m1/s1. The summed E-state index contributed by atoms with van der Waals surface area (Å²) in [5.74, 6) is -0.247. The molecule has 3 atom stereocenters. The van der Waals surface area contributed by atoms with Crippen molar-refractivity contribution in [3.05, 3.63) is 82.2 Å². The molecule has 1 fully saturated rings. The summed E-state index contributed by atoms with van der Waals surface area (Å²) in [5.41, 5.74) is 4.17. The topological polar surface area (TPSA) is 88.1 Å². The molecule has 2 heterocycles. The van der Waals surface area contributed by atoms with Crippen LogP contribution in [0.3, 0.4) is 0 Å². The van der Waals surface area contributed by atoms with Crippen LogP contribution in [-0.4, -0.2) is 55.1 Å². The van der Waals surface area contributed by atoms with Gasteiger partial charge in [0.2, 0.25) is 0 Å². The number of rotatable bonds is 6. The van der Waals surface area contributed by atoms with Gasteiger partial charge in [0.05, 0.1) is 12.7 Å². The van der Waals surface area contributed by atoms with E-state index in [-0.39, 0.29) is 23.5 Å². The minimum Gasteiger partial charge on any atom is -0.508 e. The summed E-state index contributed by atoms with van der Waals surface area (Å²) in [4.78, 5) is 29.5. The second-order valence-electron chi connectivity index (χ2n) is 10.2. The van der Waals surface area contributed by atoms with Gasteiger partial charge >= 0.3 is 5.97 Å². The highest BCUT2D eigenvalue weighted by molar-refractivity contribution is 6.04. The molecule has 0 aromatic heterocycles. The molecule has 37 heavy (non-hydrogen) atoms. The first-order valence-electron chi connectivity index (χ1n) is 12.9. The highest BCUT2D eigenvalue weighted by Crippen LogP contribution is 2.47. The van der Waals surface area contributed by atoms with Crippen molar-refractivity contribution in [2.75, 3.05) is 27.3 Å². The smallest absolute Gasteiger partial charge is 0.336 e. The van der Waals surface area contributed by atoms with Gasteiger partial charge in [0, 0.05) is 41.3 Å². The maximum atomic E-state index is 13.8. The Bertz CT molecular complexity index is 1280. The third kappa shape index (κ3) is 4.88. The molecule has 0 bridgehead atoms. The second kappa shape index (κ2) is 10.4. The molecular formula is C30H34N2O5. The SMILES string of the molecule is COc1ccccc1[C@H]1CC(=O)C2=C(C1)NC(C)=C(C(=O)OC[C@H]1CCCN1C)[C@H]2c1cccc(O)c1. The molecule has 0 spiro atoms. The average molecular weight is 503 g/mol. The molecule has 7 heteroatoms. The number of likely N-dealkylation sites (tertiary alicyclic amines) is 1. The summed E-state index contributed by atoms with van der Waals surface area (Å²) in [5, 5.41) is 13.6. The molecule has 1 saturated heterocycles. The van der Waals surface area contributed by atoms with Gasteiger partial charge < -0.3 is 24.8 Å². The van der Waals surface area contributed by atoms with Crippen molar-refractivity contribution in [1.29, 1.82) is 0 Å². The van der Waals surface area contributed by atoms with Crippen molar-refractivity contribution in [2.24, 2.45) is 0 Å². The number of nitrogens with zero attached hydrogens (tertiary/aromatic N) is 1. The number of benzene rings is 2. The highest BCUT2D eigenvalue weighted by Gasteiger charge is 2.42. The Morgan fingerprint density at radius 2 is 1.97 bits per heavy atom. The molecule has 7 nitrogen and oxygen atoms in total.